The van der Waals surface area contributed by atoms with Crippen LogP contribution in [-0.2, 0) is 11.3 Å². The van der Waals surface area contributed by atoms with Gasteiger partial charge >= 0.3 is 5.97 Å². The highest BCUT2D eigenvalue weighted by molar-refractivity contribution is 5.93. The predicted octanol–water partition coefficient (Wildman–Crippen LogP) is 4.13. The molecule has 0 fully saturated rings. The molecule has 0 saturated carbocycles. The lowest BCUT2D eigenvalue weighted by Crippen LogP contribution is -2.09. The van der Waals surface area contributed by atoms with E-state index in [9.17, 15) is 4.79 Å². The number of ether oxygens (including phenoxy) is 1. The number of carbonyl (C=O) groups is 1. The molecule has 0 spiro atoms. The van der Waals surface area contributed by atoms with E-state index in [1.54, 1.807) is 0 Å². The van der Waals surface area contributed by atoms with Crippen molar-refractivity contribution in [2.45, 2.75) is 27.3 Å². The maximum Gasteiger partial charge on any atom is 0.357 e. The van der Waals surface area contributed by atoms with Crippen molar-refractivity contribution in [1.29, 1.82) is 0 Å². The molecule has 4 aromatic rings. The Kier molecular flexibility index (Phi) is 3.99. The van der Waals surface area contributed by atoms with Crippen LogP contribution in [0.2, 0.25) is 0 Å². The Balaban J connectivity index is 1.95. The average molecular weight is 347 g/mol. The van der Waals surface area contributed by atoms with E-state index in [1.165, 1.54) is 11.1 Å². The fourth-order valence-corrected chi connectivity index (χ4v) is 3.38. The van der Waals surface area contributed by atoms with Gasteiger partial charge in [-0.05, 0) is 38.5 Å². The zero-order valence-electron chi connectivity index (χ0n) is 15.2. The van der Waals surface area contributed by atoms with Gasteiger partial charge in [-0.3, -0.25) is 4.40 Å². The molecule has 0 bridgehead atoms. The third-order valence-corrected chi connectivity index (χ3v) is 4.62. The summed E-state index contributed by atoms with van der Waals surface area (Å²) in [5.41, 5.74) is 5.61. The summed E-state index contributed by atoms with van der Waals surface area (Å²) in [7, 11) is 0. The third kappa shape index (κ3) is 2.56. The summed E-state index contributed by atoms with van der Waals surface area (Å²) >= 11 is 0. The van der Waals surface area contributed by atoms with Gasteiger partial charge in [-0.25, -0.2) is 9.78 Å². The van der Waals surface area contributed by atoms with Gasteiger partial charge in [0.2, 0.25) is 5.78 Å². The minimum Gasteiger partial charge on any atom is -0.461 e. The molecular formula is C21H21N3O2. The molecule has 0 saturated heterocycles. The summed E-state index contributed by atoms with van der Waals surface area (Å²) in [6, 6.07) is 16.5. The smallest absolute Gasteiger partial charge is 0.357 e. The largest absolute Gasteiger partial charge is 0.461 e. The van der Waals surface area contributed by atoms with Gasteiger partial charge in [-0.15, -0.1) is 0 Å². The van der Waals surface area contributed by atoms with Crippen LogP contribution in [0.25, 0.3) is 16.8 Å². The molecule has 5 heteroatoms. The summed E-state index contributed by atoms with van der Waals surface area (Å²) in [5.74, 6) is 0.420. The number of aromatic nitrogens is 3. The molecule has 0 unspecified atom stereocenters. The second-order valence-electron chi connectivity index (χ2n) is 6.46. The van der Waals surface area contributed by atoms with Gasteiger partial charge in [-0.2, -0.15) is 0 Å². The molecular weight excluding hydrogens is 326 g/mol. The summed E-state index contributed by atoms with van der Waals surface area (Å²) in [6.07, 6.45) is 0. The Labute approximate surface area is 151 Å². The third-order valence-electron chi connectivity index (χ3n) is 4.62. The van der Waals surface area contributed by atoms with Crippen LogP contribution in [0.1, 0.15) is 34.2 Å². The van der Waals surface area contributed by atoms with E-state index in [0.717, 1.165) is 16.8 Å². The van der Waals surface area contributed by atoms with Gasteiger partial charge in [0, 0.05) is 0 Å². The maximum absolute atomic E-state index is 12.5. The number of para-hydroxylation sites is 2. The number of hydrogen-bond donors (Lipinski definition) is 0. The highest BCUT2D eigenvalue weighted by Gasteiger charge is 2.23. The fraction of sp³-hybridized carbons (Fsp3) is 0.238. The standard InChI is InChI=1S/C21H21N3O2/c1-4-26-20(25)19-15(3)22-21-23(13-16-11-9-14(2)10-12-16)17-7-5-6-8-18(17)24(19)21/h5-12H,4,13H2,1-3H3. The Bertz CT molecular complexity index is 1100. The first-order valence-electron chi connectivity index (χ1n) is 8.79. The molecule has 2 aromatic heterocycles. The number of hydrogen-bond acceptors (Lipinski definition) is 3. The zero-order chi connectivity index (χ0) is 18.3. The lowest BCUT2D eigenvalue weighted by molar-refractivity contribution is 0.0518. The topological polar surface area (TPSA) is 48.5 Å². The van der Waals surface area contributed by atoms with E-state index in [0.29, 0.717) is 24.5 Å². The summed E-state index contributed by atoms with van der Waals surface area (Å²) in [4.78, 5) is 17.2. The number of benzene rings is 2. The van der Waals surface area contributed by atoms with Crippen LogP contribution in [0.15, 0.2) is 48.5 Å². The van der Waals surface area contributed by atoms with Gasteiger partial charge in [0.1, 0.15) is 0 Å². The zero-order valence-corrected chi connectivity index (χ0v) is 15.2. The van der Waals surface area contributed by atoms with E-state index >= 15 is 0 Å². The molecule has 0 aliphatic rings. The first kappa shape index (κ1) is 16.4. The van der Waals surface area contributed by atoms with Gasteiger partial charge in [0.15, 0.2) is 5.69 Å². The predicted molar refractivity (Wildman–Crippen MR) is 102 cm³/mol. The SMILES string of the molecule is CCOC(=O)c1c(C)nc2n(Cc3ccc(C)cc3)c3ccccc3n12. The second kappa shape index (κ2) is 6.33. The van der Waals surface area contributed by atoms with Gasteiger partial charge < -0.3 is 9.30 Å². The molecule has 0 amide bonds. The number of fused-ring (bicyclic) bond motifs is 3. The Morgan fingerprint density at radius 1 is 1.04 bits per heavy atom. The van der Waals surface area contributed by atoms with Gasteiger partial charge in [0.25, 0.3) is 0 Å². The monoisotopic (exact) mass is 347 g/mol. The van der Waals surface area contributed by atoms with Crippen LogP contribution in [0, 0.1) is 13.8 Å². The van der Waals surface area contributed by atoms with Crippen molar-refractivity contribution in [1.82, 2.24) is 14.0 Å². The molecule has 5 nitrogen and oxygen atoms in total. The van der Waals surface area contributed by atoms with Gasteiger partial charge in [-0.1, -0.05) is 42.0 Å². The highest BCUT2D eigenvalue weighted by atomic mass is 16.5. The van der Waals surface area contributed by atoms with Crippen molar-refractivity contribution >= 4 is 22.8 Å². The molecule has 26 heavy (non-hydrogen) atoms. The van der Waals surface area contributed by atoms with Crippen molar-refractivity contribution in [3.8, 4) is 0 Å². The molecule has 132 valence electrons. The van der Waals surface area contributed by atoms with Crippen molar-refractivity contribution in [3.05, 3.63) is 71.0 Å². The Hall–Kier alpha value is -3.08. The van der Waals surface area contributed by atoms with E-state index < -0.39 is 0 Å². The number of nitrogens with zero attached hydrogens (tertiary/aromatic N) is 3. The average Bonchev–Trinajstić information content (AvgIpc) is 3.11. The van der Waals surface area contributed by atoms with Crippen molar-refractivity contribution in [3.63, 3.8) is 0 Å². The summed E-state index contributed by atoms with van der Waals surface area (Å²) in [6.45, 7) is 6.77. The molecule has 0 radical (unpaired) electrons. The minimum absolute atomic E-state index is 0.337. The molecule has 4 rings (SSSR count). The Morgan fingerprint density at radius 2 is 1.73 bits per heavy atom. The number of aryl methyl sites for hydroxylation is 2. The van der Waals surface area contributed by atoms with Crippen LogP contribution in [-0.4, -0.2) is 26.5 Å². The quantitative estimate of drug-likeness (QED) is 0.522. The van der Waals surface area contributed by atoms with E-state index in [4.69, 9.17) is 9.72 Å². The van der Waals surface area contributed by atoms with E-state index in [-0.39, 0.29) is 5.97 Å². The van der Waals surface area contributed by atoms with E-state index in [2.05, 4.69) is 41.8 Å². The molecule has 0 aliphatic carbocycles. The first-order valence-corrected chi connectivity index (χ1v) is 8.79. The summed E-state index contributed by atoms with van der Waals surface area (Å²) < 4.78 is 9.32. The lowest BCUT2D eigenvalue weighted by atomic mass is 10.1. The second-order valence-corrected chi connectivity index (χ2v) is 6.46. The fourth-order valence-electron chi connectivity index (χ4n) is 3.38. The summed E-state index contributed by atoms with van der Waals surface area (Å²) in [5, 5.41) is 0. The molecule has 0 aliphatic heterocycles. The van der Waals surface area contributed by atoms with Gasteiger partial charge in [0.05, 0.1) is 29.9 Å². The minimum atomic E-state index is -0.337. The van der Waals surface area contributed by atoms with Crippen molar-refractivity contribution < 1.29 is 9.53 Å². The maximum atomic E-state index is 12.5. The number of carbonyl (C=O) groups excluding carboxylic acids is 1. The van der Waals surface area contributed by atoms with Crippen molar-refractivity contribution in [2.24, 2.45) is 0 Å². The van der Waals surface area contributed by atoms with Crippen LogP contribution in [0.5, 0.6) is 0 Å². The molecule has 0 N–H and O–H groups in total. The van der Waals surface area contributed by atoms with Crippen LogP contribution >= 0.6 is 0 Å². The van der Waals surface area contributed by atoms with Crippen molar-refractivity contribution in [2.75, 3.05) is 6.61 Å². The lowest BCUT2D eigenvalue weighted by Gasteiger charge is -2.06. The van der Waals surface area contributed by atoms with Crippen LogP contribution < -0.4 is 0 Å². The Morgan fingerprint density at radius 3 is 2.42 bits per heavy atom. The normalized spacial score (nSPS) is 11.3. The van der Waals surface area contributed by atoms with Crippen LogP contribution in [0.3, 0.4) is 0 Å². The molecule has 0 atom stereocenters. The number of imidazole rings is 2. The number of esters is 1. The highest BCUT2D eigenvalue weighted by Crippen LogP contribution is 2.25. The first-order chi connectivity index (χ1) is 12.6. The molecule has 2 heterocycles. The van der Waals surface area contributed by atoms with Crippen LogP contribution in [0.4, 0.5) is 0 Å². The molecule has 2 aromatic carbocycles. The van der Waals surface area contributed by atoms with E-state index in [1.807, 2.05) is 36.4 Å². The number of rotatable bonds is 4.